The molecule has 1 aromatic rings. The minimum atomic E-state index is -0.989. The van der Waals surface area contributed by atoms with Crippen LogP contribution < -0.4 is 0 Å². The summed E-state index contributed by atoms with van der Waals surface area (Å²) in [6, 6.07) is 0. The summed E-state index contributed by atoms with van der Waals surface area (Å²) in [5.74, 6) is -0.989. The third-order valence-electron chi connectivity index (χ3n) is 1.25. The number of carbonyl (C=O) groups is 1. The van der Waals surface area contributed by atoms with Crippen LogP contribution in [0.1, 0.15) is 14.7 Å². The van der Waals surface area contributed by atoms with Crippen LogP contribution in [0.25, 0.3) is 16.5 Å². The van der Waals surface area contributed by atoms with Gasteiger partial charge < -0.3 is 5.11 Å². The molecule has 0 amide bonds. The van der Waals surface area contributed by atoms with Crippen LogP contribution >= 0.6 is 11.3 Å². The average molecular weight is 210 g/mol. The van der Waals surface area contributed by atoms with E-state index in [1.54, 1.807) is 12.2 Å². The number of aromatic nitrogens is 1. The molecule has 0 atom stereocenters. The number of hydrogen-bond donors (Lipinski definition) is 1. The molecule has 72 valence electrons. The van der Waals surface area contributed by atoms with Gasteiger partial charge in [-0.25, -0.2) is 9.78 Å². The van der Waals surface area contributed by atoms with E-state index >= 15 is 0 Å². The second-order valence-corrected chi connectivity index (χ2v) is 3.25. The third-order valence-corrected chi connectivity index (χ3v) is 2.20. The van der Waals surface area contributed by atoms with Crippen LogP contribution in [-0.4, -0.2) is 22.6 Å². The van der Waals surface area contributed by atoms with Crippen LogP contribution in [0.4, 0.5) is 0 Å². The quantitative estimate of drug-likeness (QED) is 0.468. The number of aromatic carboxylic acids is 1. The molecule has 0 aromatic carbocycles. The van der Waals surface area contributed by atoms with Gasteiger partial charge >= 0.3 is 5.97 Å². The van der Waals surface area contributed by atoms with Crippen LogP contribution in [-0.2, 0) is 0 Å². The topological polar surface area (TPSA) is 99.0 Å². The van der Waals surface area contributed by atoms with Crippen LogP contribution in [0.3, 0.4) is 0 Å². The van der Waals surface area contributed by atoms with Crippen molar-refractivity contribution < 1.29 is 9.90 Å². The number of carboxylic acids is 1. The molecule has 14 heavy (non-hydrogen) atoms. The largest absolute Gasteiger partial charge is 0.477 e. The first-order valence-electron chi connectivity index (χ1n) is 3.60. The van der Waals surface area contributed by atoms with Crippen molar-refractivity contribution in [3.63, 3.8) is 0 Å². The van der Waals surface area contributed by atoms with Gasteiger partial charge in [0.1, 0.15) is 9.88 Å². The normalized spacial score (nSPS) is 10.0. The molecule has 1 N–H and O–H groups in total. The van der Waals surface area contributed by atoms with Crippen molar-refractivity contribution in [3.8, 4) is 0 Å². The number of carboxylic acid groups (broad SMARTS) is 1. The summed E-state index contributed by atoms with van der Waals surface area (Å²) in [6.45, 7) is 0.235. The molecule has 0 saturated carbocycles. The standard InChI is InChI=1S/C7H6N4O2S/c8-11-10-3-1-2-6-9-4-5(14-6)7(12)13/h1-2,4H,3H2,(H,12,13). The zero-order valence-corrected chi connectivity index (χ0v) is 7.81. The van der Waals surface area contributed by atoms with Crippen molar-refractivity contribution in [2.24, 2.45) is 5.11 Å². The molecule has 0 saturated heterocycles. The number of rotatable bonds is 4. The zero-order chi connectivity index (χ0) is 10.4. The van der Waals surface area contributed by atoms with Gasteiger partial charge in [-0.05, 0) is 11.6 Å². The number of nitrogens with zero attached hydrogens (tertiary/aromatic N) is 4. The van der Waals surface area contributed by atoms with E-state index < -0.39 is 5.97 Å². The SMILES string of the molecule is [N-]=[N+]=NCC=Cc1ncc(C(=O)O)s1. The molecular formula is C7H6N4O2S. The molecule has 0 aliphatic carbocycles. The first-order chi connectivity index (χ1) is 6.74. The van der Waals surface area contributed by atoms with Crippen molar-refractivity contribution in [2.45, 2.75) is 0 Å². The summed E-state index contributed by atoms with van der Waals surface area (Å²) in [5.41, 5.74) is 7.97. The Balaban J connectivity index is 2.63. The molecule has 1 rings (SSSR count). The van der Waals surface area contributed by atoms with Crippen LogP contribution in [0.5, 0.6) is 0 Å². The second kappa shape index (κ2) is 5.00. The Labute approximate surface area is 83.2 Å². The van der Waals surface area contributed by atoms with Gasteiger partial charge in [0, 0.05) is 11.5 Å². The minimum absolute atomic E-state index is 0.188. The highest BCUT2D eigenvalue weighted by Gasteiger charge is 2.05. The van der Waals surface area contributed by atoms with Crippen molar-refractivity contribution in [1.29, 1.82) is 0 Å². The maximum absolute atomic E-state index is 10.5. The predicted octanol–water partition coefficient (Wildman–Crippen LogP) is 2.16. The Morgan fingerprint density at radius 2 is 2.64 bits per heavy atom. The number of azide groups is 1. The van der Waals surface area contributed by atoms with Gasteiger partial charge in [0.15, 0.2) is 0 Å². The van der Waals surface area contributed by atoms with E-state index in [1.807, 2.05) is 0 Å². The lowest BCUT2D eigenvalue weighted by Gasteiger charge is -1.81. The highest BCUT2D eigenvalue weighted by Crippen LogP contribution is 2.13. The van der Waals surface area contributed by atoms with Gasteiger partial charge in [-0.1, -0.05) is 11.2 Å². The average Bonchev–Trinajstić information content (AvgIpc) is 2.61. The molecule has 0 fully saturated rings. The smallest absolute Gasteiger partial charge is 0.347 e. The van der Waals surface area contributed by atoms with Gasteiger partial charge in [-0.3, -0.25) is 0 Å². The van der Waals surface area contributed by atoms with Gasteiger partial charge in [-0.15, -0.1) is 11.3 Å². The fraction of sp³-hybridized carbons (Fsp3) is 0.143. The molecule has 0 radical (unpaired) electrons. The fourth-order valence-electron chi connectivity index (χ4n) is 0.701. The number of hydrogen-bond acceptors (Lipinski definition) is 4. The maximum Gasteiger partial charge on any atom is 0.347 e. The van der Waals surface area contributed by atoms with Crippen molar-refractivity contribution in [3.05, 3.63) is 32.6 Å². The van der Waals surface area contributed by atoms with E-state index in [-0.39, 0.29) is 11.4 Å². The molecule has 0 bridgehead atoms. The van der Waals surface area contributed by atoms with E-state index in [2.05, 4.69) is 15.0 Å². The Hall–Kier alpha value is -1.85. The first-order valence-corrected chi connectivity index (χ1v) is 4.42. The lowest BCUT2D eigenvalue weighted by molar-refractivity contribution is 0.0702. The molecule has 7 heteroatoms. The Morgan fingerprint density at radius 3 is 3.21 bits per heavy atom. The summed E-state index contributed by atoms with van der Waals surface area (Å²) < 4.78 is 0. The molecule has 0 aliphatic heterocycles. The highest BCUT2D eigenvalue weighted by molar-refractivity contribution is 7.14. The zero-order valence-electron chi connectivity index (χ0n) is 6.99. The Morgan fingerprint density at radius 1 is 1.86 bits per heavy atom. The molecule has 0 unspecified atom stereocenters. The van der Waals surface area contributed by atoms with Gasteiger partial charge in [-0.2, -0.15) is 0 Å². The molecule has 1 heterocycles. The van der Waals surface area contributed by atoms with Crippen LogP contribution in [0, 0.1) is 0 Å². The summed E-state index contributed by atoms with van der Waals surface area (Å²) in [5, 5.41) is 12.4. The molecular weight excluding hydrogens is 204 g/mol. The molecule has 0 aliphatic rings. The van der Waals surface area contributed by atoms with Gasteiger partial charge in [0.2, 0.25) is 0 Å². The summed E-state index contributed by atoms with van der Waals surface area (Å²) >= 11 is 1.07. The number of thiazole rings is 1. The van der Waals surface area contributed by atoms with E-state index in [1.165, 1.54) is 6.20 Å². The monoisotopic (exact) mass is 210 g/mol. The van der Waals surface area contributed by atoms with Crippen LogP contribution in [0.15, 0.2) is 17.4 Å². The Kier molecular flexibility index (Phi) is 3.66. The van der Waals surface area contributed by atoms with Crippen molar-refractivity contribution >= 4 is 23.4 Å². The van der Waals surface area contributed by atoms with Crippen molar-refractivity contribution in [1.82, 2.24) is 4.98 Å². The second-order valence-electron chi connectivity index (χ2n) is 2.18. The third kappa shape index (κ3) is 2.89. The Bertz CT molecular complexity index is 406. The maximum atomic E-state index is 10.5. The summed E-state index contributed by atoms with van der Waals surface area (Å²) in [7, 11) is 0. The van der Waals surface area contributed by atoms with Crippen LogP contribution in [0.2, 0.25) is 0 Å². The summed E-state index contributed by atoms with van der Waals surface area (Å²) in [4.78, 5) is 17.1. The highest BCUT2D eigenvalue weighted by atomic mass is 32.1. The van der Waals surface area contributed by atoms with E-state index in [9.17, 15) is 4.79 Å². The van der Waals surface area contributed by atoms with E-state index in [0.717, 1.165) is 11.3 Å². The van der Waals surface area contributed by atoms with Crippen molar-refractivity contribution in [2.75, 3.05) is 6.54 Å². The summed E-state index contributed by atoms with van der Waals surface area (Å²) in [6.07, 6.45) is 4.52. The van der Waals surface area contributed by atoms with E-state index in [0.29, 0.717) is 5.01 Å². The predicted molar refractivity (Wildman–Crippen MR) is 52.1 cm³/mol. The molecule has 6 nitrogen and oxygen atoms in total. The minimum Gasteiger partial charge on any atom is -0.477 e. The fourth-order valence-corrected chi connectivity index (χ4v) is 1.39. The van der Waals surface area contributed by atoms with Gasteiger partial charge in [0.05, 0.1) is 6.20 Å². The lowest BCUT2D eigenvalue weighted by Crippen LogP contribution is -1.89. The first kappa shape index (κ1) is 10.2. The molecule has 1 aromatic heterocycles. The lowest BCUT2D eigenvalue weighted by atomic mass is 10.5. The molecule has 0 spiro atoms. The van der Waals surface area contributed by atoms with E-state index in [4.69, 9.17) is 10.6 Å². The van der Waals surface area contributed by atoms with Gasteiger partial charge in [0.25, 0.3) is 0 Å².